The summed E-state index contributed by atoms with van der Waals surface area (Å²) in [5, 5.41) is 8.77. The molecule has 1 aromatic heterocycles. The summed E-state index contributed by atoms with van der Waals surface area (Å²) < 4.78 is 30.6. The molecule has 22 heavy (non-hydrogen) atoms. The van der Waals surface area contributed by atoms with Crippen LogP contribution in [0, 0.1) is 18.8 Å². The van der Waals surface area contributed by atoms with Crippen molar-refractivity contribution in [3.63, 3.8) is 0 Å². The van der Waals surface area contributed by atoms with Gasteiger partial charge in [-0.2, -0.15) is 0 Å². The van der Waals surface area contributed by atoms with Crippen molar-refractivity contribution in [1.82, 2.24) is 9.62 Å². The van der Waals surface area contributed by atoms with Crippen LogP contribution in [-0.2, 0) is 14.8 Å². The Kier molecular flexibility index (Phi) is 4.30. The summed E-state index contributed by atoms with van der Waals surface area (Å²) >= 11 is 0. The molecule has 122 valence electrons. The van der Waals surface area contributed by atoms with Gasteiger partial charge in [-0.1, -0.05) is 6.92 Å². The fourth-order valence-corrected chi connectivity index (χ4v) is 3.23. The first-order valence-electron chi connectivity index (χ1n) is 6.73. The Morgan fingerprint density at radius 2 is 2.05 bits per heavy atom. The van der Waals surface area contributed by atoms with E-state index in [4.69, 9.17) is 9.52 Å². The molecule has 0 radical (unpaired) electrons. The molecule has 2 N–H and O–H groups in total. The number of carboxylic acid groups (broad SMARTS) is 1. The van der Waals surface area contributed by atoms with Crippen molar-refractivity contribution in [3.05, 3.63) is 17.4 Å². The smallest absolute Gasteiger partial charge is 0.308 e. The van der Waals surface area contributed by atoms with Crippen LogP contribution in [0.4, 0.5) is 0 Å². The van der Waals surface area contributed by atoms with E-state index in [2.05, 4.69) is 4.72 Å². The minimum atomic E-state index is -3.77. The average molecular weight is 330 g/mol. The van der Waals surface area contributed by atoms with Gasteiger partial charge in [-0.05, 0) is 19.9 Å². The van der Waals surface area contributed by atoms with Gasteiger partial charge >= 0.3 is 5.97 Å². The first-order chi connectivity index (χ1) is 10.2. The summed E-state index contributed by atoms with van der Waals surface area (Å²) in [6, 6.07) is 1.17. The molecule has 1 aliphatic rings. The number of sulfonamides is 1. The highest BCUT2D eigenvalue weighted by Crippen LogP contribution is 2.27. The van der Waals surface area contributed by atoms with Gasteiger partial charge in [0.2, 0.25) is 5.09 Å². The van der Waals surface area contributed by atoms with E-state index in [1.807, 2.05) is 0 Å². The zero-order valence-corrected chi connectivity index (χ0v) is 13.3. The molecule has 1 amide bonds. The monoisotopic (exact) mass is 330 g/mol. The largest absolute Gasteiger partial charge is 0.481 e. The minimum Gasteiger partial charge on any atom is -0.481 e. The van der Waals surface area contributed by atoms with Crippen LogP contribution in [0.25, 0.3) is 0 Å². The van der Waals surface area contributed by atoms with Crippen LogP contribution >= 0.6 is 0 Å². The highest BCUT2D eigenvalue weighted by molar-refractivity contribution is 7.89. The first kappa shape index (κ1) is 16.5. The van der Waals surface area contributed by atoms with Gasteiger partial charge in [0.1, 0.15) is 5.76 Å². The number of hydrogen-bond donors (Lipinski definition) is 2. The van der Waals surface area contributed by atoms with Gasteiger partial charge in [-0.25, -0.2) is 13.1 Å². The standard InChI is InChI=1S/C13H18N2O6S/c1-7-5-15(6-10(7)13(17)18)12(16)9-4-11(21-8(9)2)22(19,20)14-3/h4,7,10,14H,5-6H2,1-3H3,(H,17,18)/t7-,10-/m1/s1. The Bertz CT molecular complexity index is 708. The normalized spacial score (nSPS) is 22.0. The zero-order valence-electron chi connectivity index (χ0n) is 12.5. The van der Waals surface area contributed by atoms with Crippen LogP contribution in [0.3, 0.4) is 0 Å². The molecule has 1 fully saturated rings. The number of carbonyl (C=O) groups is 2. The van der Waals surface area contributed by atoms with Crippen molar-refractivity contribution in [2.75, 3.05) is 20.1 Å². The lowest BCUT2D eigenvalue weighted by Gasteiger charge is -2.15. The van der Waals surface area contributed by atoms with E-state index in [0.717, 1.165) is 0 Å². The van der Waals surface area contributed by atoms with Crippen LogP contribution in [0.5, 0.6) is 0 Å². The van der Waals surface area contributed by atoms with E-state index in [9.17, 15) is 18.0 Å². The van der Waals surface area contributed by atoms with E-state index in [1.54, 1.807) is 6.92 Å². The van der Waals surface area contributed by atoms with Gasteiger partial charge in [0.05, 0.1) is 11.5 Å². The van der Waals surface area contributed by atoms with Crippen molar-refractivity contribution >= 4 is 21.9 Å². The van der Waals surface area contributed by atoms with Crippen LogP contribution in [0.2, 0.25) is 0 Å². The van der Waals surface area contributed by atoms with Crippen LogP contribution in [0.15, 0.2) is 15.6 Å². The number of nitrogens with zero attached hydrogens (tertiary/aromatic N) is 1. The van der Waals surface area contributed by atoms with Crippen molar-refractivity contribution in [1.29, 1.82) is 0 Å². The highest BCUT2D eigenvalue weighted by atomic mass is 32.2. The fraction of sp³-hybridized carbons (Fsp3) is 0.538. The summed E-state index contributed by atoms with van der Waals surface area (Å²) in [5.74, 6) is -1.95. The number of aryl methyl sites for hydroxylation is 1. The predicted octanol–water partition coefficient (Wildman–Crippen LogP) is 0.289. The van der Waals surface area contributed by atoms with Crippen molar-refractivity contribution in [2.24, 2.45) is 11.8 Å². The number of amides is 1. The number of aliphatic carboxylic acids is 1. The van der Waals surface area contributed by atoms with Gasteiger partial charge in [-0.3, -0.25) is 9.59 Å². The Morgan fingerprint density at radius 1 is 1.41 bits per heavy atom. The van der Waals surface area contributed by atoms with Crippen molar-refractivity contribution in [3.8, 4) is 0 Å². The third-order valence-corrected chi connectivity index (χ3v) is 5.14. The summed E-state index contributed by atoms with van der Waals surface area (Å²) in [4.78, 5) is 25.0. The molecule has 0 saturated carbocycles. The quantitative estimate of drug-likeness (QED) is 0.819. The Labute approximate surface area is 128 Å². The molecule has 2 rings (SSSR count). The lowest BCUT2D eigenvalue weighted by Crippen LogP contribution is -2.30. The van der Waals surface area contributed by atoms with E-state index in [1.165, 1.54) is 24.9 Å². The summed E-state index contributed by atoms with van der Waals surface area (Å²) in [7, 11) is -2.53. The third kappa shape index (κ3) is 2.86. The van der Waals surface area contributed by atoms with Gasteiger partial charge in [0.15, 0.2) is 0 Å². The SMILES string of the molecule is CNS(=O)(=O)c1cc(C(=O)N2C[C@@H](C)[C@H](C(=O)O)C2)c(C)o1. The summed E-state index contributed by atoms with van der Waals surface area (Å²) in [5.41, 5.74) is 0.132. The number of hydrogen-bond acceptors (Lipinski definition) is 5. The highest BCUT2D eigenvalue weighted by Gasteiger charge is 2.38. The maximum Gasteiger partial charge on any atom is 0.308 e. The number of rotatable bonds is 4. The summed E-state index contributed by atoms with van der Waals surface area (Å²) in [6.07, 6.45) is 0. The second kappa shape index (κ2) is 5.73. The molecule has 1 saturated heterocycles. The molecule has 0 bridgehead atoms. The lowest BCUT2D eigenvalue weighted by atomic mass is 9.99. The van der Waals surface area contributed by atoms with Crippen molar-refractivity contribution < 1.29 is 27.5 Å². The van der Waals surface area contributed by atoms with Crippen LogP contribution < -0.4 is 4.72 Å². The molecular formula is C13H18N2O6S. The molecule has 1 aromatic rings. The molecule has 0 aromatic carbocycles. The molecular weight excluding hydrogens is 312 g/mol. The van der Waals surface area contributed by atoms with Gasteiger partial charge in [-0.15, -0.1) is 0 Å². The number of carboxylic acids is 1. The molecule has 0 unspecified atom stereocenters. The molecule has 0 spiro atoms. The average Bonchev–Trinajstić information content (AvgIpc) is 3.02. The number of furan rings is 1. The number of nitrogens with one attached hydrogen (secondary N) is 1. The number of likely N-dealkylation sites (tertiary alicyclic amines) is 1. The maximum absolute atomic E-state index is 12.5. The summed E-state index contributed by atoms with van der Waals surface area (Å²) in [6.45, 7) is 3.68. The van der Waals surface area contributed by atoms with E-state index in [-0.39, 0.29) is 28.9 Å². The Morgan fingerprint density at radius 3 is 2.55 bits per heavy atom. The lowest BCUT2D eigenvalue weighted by molar-refractivity contribution is -0.142. The van der Waals surface area contributed by atoms with Crippen molar-refractivity contribution in [2.45, 2.75) is 18.9 Å². The van der Waals surface area contributed by atoms with Crippen LogP contribution in [0.1, 0.15) is 23.0 Å². The number of carbonyl (C=O) groups excluding carboxylic acids is 1. The minimum absolute atomic E-state index is 0.105. The molecule has 0 aliphatic carbocycles. The molecule has 2 heterocycles. The topological polar surface area (TPSA) is 117 Å². The zero-order chi connectivity index (χ0) is 16.7. The Balaban J connectivity index is 2.27. The van der Waals surface area contributed by atoms with Gasteiger partial charge in [0, 0.05) is 19.2 Å². The van der Waals surface area contributed by atoms with Gasteiger partial charge in [0.25, 0.3) is 15.9 Å². The first-order valence-corrected chi connectivity index (χ1v) is 8.21. The van der Waals surface area contributed by atoms with Gasteiger partial charge < -0.3 is 14.4 Å². The Hall–Kier alpha value is -1.87. The third-order valence-electron chi connectivity index (χ3n) is 3.88. The molecule has 9 heteroatoms. The van der Waals surface area contributed by atoms with E-state index in [0.29, 0.717) is 6.54 Å². The second-order valence-corrected chi connectivity index (χ2v) is 7.19. The molecule has 2 atom stereocenters. The fourth-order valence-electron chi connectivity index (χ4n) is 2.52. The maximum atomic E-state index is 12.5. The molecule has 8 nitrogen and oxygen atoms in total. The van der Waals surface area contributed by atoms with E-state index >= 15 is 0 Å². The molecule has 1 aliphatic heterocycles. The van der Waals surface area contributed by atoms with Crippen LogP contribution in [-0.4, -0.2) is 50.4 Å². The second-order valence-electron chi connectivity index (χ2n) is 5.38. The van der Waals surface area contributed by atoms with E-state index < -0.39 is 27.8 Å². The predicted molar refractivity (Wildman–Crippen MR) is 75.9 cm³/mol.